The summed E-state index contributed by atoms with van der Waals surface area (Å²) in [6.07, 6.45) is 4.14. The molecule has 2 fully saturated rings. The van der Waals surface area contributed by atoms with E-state index in [1.165, 1.54) is 0 Å². The Balaban J connectivity index is 1.81. The fourth-order valence-corrected chi connectivity index (χ4v) is 3.99. The van der Waals surface area contributed by atoms with Crippen LogP contribution in [0.2, 0.25) is 0 Å². The monoisotopic (exact) mass is 233 g/mol. The Bertz CT molecular complexity index is 301. The smallest absolute Gasteiger partial charge is 0.150 e. The van der Waals surface area contributed by atoms with E-state index >= 15 is 0 Å². The van der Waals surface area contributed by atoms with E-state index in [-0.39, 0.29) is 18.2 Å². The van der Waals surface area contributed by atoms with Gasteiger partial charge in [0.1, 0.15) is 9.84 Å². The molecule has 1 aliphatic carbocycles. The van der Waals surface area contributed by atoms with E-state index in [1.807, 2.05) is 0 Å². The van der Waals surface area contributed by atoms with Gasteiger partial charge < -0.3 is 10.4 Å². The predicted molar refractivity (Wildman–Crippen MR) is 58.5 cm³/mol. The van der Waals surface area contributed by atoms with Crippen LogP contribution >= 0.6 is 0 Å². The second-order valence-corrected chi connectivity index (χ2v) is 7.00. The maximum absolute atomic E-state index is 11.2. The number of sulfone groups is 1. The topological polar surface area (TPSA) is 66.4 Å². The van der Waals surface area contributed by atoms with Crippen molar-refractivity contribution in [3.05, 3.63) is 0 Å². The summed E-state index contributed by atoms with van der Waals surface area (Å²) in [4.78, 5) is 0. The molecule has 2 atom stereocenters. The fourth-order valence-electron chi connectivity index (χ4n) is 2.49. The molecule has 0 aromatic rings. The molecule has 15 heavy (non-hydrogen) atoms. The lowest BCUT2D eigenvalue weighted by atomic mass is 10.1. The van der Waals surface area contributed by atoms with Crippen LogP contribution in [0.25, 0.3) is 0 Å². The Hall–Kier alpha value is -0.130. The summed E-state index contributed by atoms with van der Waals surface area (Å²) in [6.45, 7) is 0. The molecule has 1 saturated heterocycles. The van der Waals surface area contributed by atoms with Crippen molar-refractivity contribution in [3.8, 4) is 0 Å². The summed E-state index contributed by atoms with van der Waals surface area (Å²) in [5, 5.41) is 13.0. The van der Waals surface area contributed by atoms with E-state index in [4.69, 9.17) is 0 Å². The van der Waals surface area contributed by atoms with E-state index in [0.717, 1.165) is 19.3 Å². The molecule has 0 aromatic heterocycles. The minimum absolute atomic E-state index is 0.191. The number of hydrogen-bond acceptors (Lipinski definition) is 4. The first kappa shape index (κ1) is 11.4. The second-order valence-electron chi connectivity index (χ2n) is 4.70. The van der Waals surface area contributed by atoms with Gasteiger partial charge in [-0.3, -0.25) is 0 Å². The van der Waals surface area contributed by atoms with Crippen LogP contribution in [0, 0.1) is 0 Å². The Morgan fingerprint density at radius 1 is 1.07 bits per heavy atom. The van der Waals surface area contributed by atoms with Gasteiger partial charge in [-0.25, -0.2) is 8.42 Å². The summed E-state index contributed by atoms with van der Waals surface area (Å²) >= 11 is 0. The van der Waals surface area contributed by atoms with Crippen molar-refractivity contribution in [3.63, 3.8) is 0 Å². The third kappa shape index (κ3) is 2.92. The minimum atomic E-state index is -2.77. The first-order valence-corrected chi connectivity index (χ1v) is 7.53. The van der Waals surface area contributed by atoms with Gasteiger partial charge in [-0.15, -0.1) is 0 Å². The van der Waals surface area contributed by atoms with Crippen molar-refractivity contribution >= 4 is 9.84 Å². The van der Waals surface area contributed by atoms with Crippen molar-refractivity contribution in [2.24, 2.45) is 0 Å². The second kappa shape index (κ2) is 4.39. The lowest BCUT2D eigenvalue weighted by molar-refractivity contribution is 0.141. The van der Waals surface area contributed by atoms with Gasteiger partial charge in [0.05, 0.1) is 17.6 Å². The van der Waals surface area contributed by atoms with Crippen LogP contribution in [0.15, 0.2) is 0 Å². The zero-order valence-corrected chi connectivity index (χ0v) is 9.67. The third-order valence-corrected chi connectivity index (χ3v) is 5.20. The van der Waals surface area contributed by atoms with Crippen LogP contribution < -0.4 is 5.32 Å². The zero-order valence-electron chi connectivity index (χ0n) is 8.85. The van der Waals surface area contributed by atoms with Gasteiger partial charge in [0.2, 0.25) is 0 Å². The Labute approximate surface area is 91.0 Å². The lowest BCUT2D eigenvalue weighted by Gasteiger charge is -2.27. The Morgan fingerprint density at radius 2 is 1.73 bits per heavy atom. The number of aliphatic hydroxyl groups excluding tert-OH is 1. The van der Waals surface area contributed by atoms with Crippen molar-refractivity contribution in [2.45, 2.75) is 50.3 Å². The standard InChI is InChI=1S/C10H19NO3S/c12-10-3-1-2-9(10)11-8-4-6-15(13,14)7-5-8/h8-12H,1-7H2/t9-,10-/m1/s1. The first-order chi connectivity index (χ1) is 7.07. The largest absolute Gasteiger partial charge is 0.392 e. The summed E-state index contributed by atoms with van der Waals surface area (Å²) in [5.41, 5.74) is 0. The highest BCUT2D eigenvalue weighted by molar-refractivity contribution is 7.91. The van der Waals surface area contributed by atoms with Gasteiger partial charge in [0.15, 0.2) is 0 Å². The molecule has 4 nitrogen and oxygen atoms in total. The van der Waals surface area contributed by atoms with Crippen LogP contribution in [0.3, 0.4) is 0 Å². The van der Waals surface area contributed by atoms with E-state index in [9.17, 15) is 13.5 Å². The Kier molecular flexibility index (Phi) is 3.33. The number of nitrogens with one attached hydrogen (secondary N) is 1. The van der Waals surface area contributed by atoms with Gasteiger partial charge in [0, 0.05) is 12.1 Å². The van der Waals surface area contributed by atoms with Gasteiger partial charge in [-0.05, 0) is 32.1 Å². The van der Waals surface area contributed by atoms with Crippen LogP contribution in [-0.2, 0) is 9.84 Å². The Morgan fingerprint density at radius 3 is 2.27 bits per heavy atom. The van der Waals surface area contributed by atoms with Gasteiger partial charge in [-0.2, -0.15) is 0 Å². The van der Waals surface area contributed by atoms with E-state index in [0.29, 0.717) is 24.3 Å². The quantitative estimate of drug-likeness (QED) is 0.708. The fraction of sp³-hybridized carbons (Fsp3) is 1.00. The number of hydrogen-bond donors (Lipinski definition) is 2. The molecule has 88 valence electrons. The minimum Gasteiger partial charge on any atom is -0.392 e. The van der Waals surface area contributed by atoms with Gasteiger partial charge in [-0.1, -0.05) is 0 Å². The highest BCUT2D eigenvalue weighted by Gasteiger charge is 2.30. The maximum atomic E-state index is 11.2. The zero-order chi connectivity index (χ0) is 10.9. The molecule has 2 aliphatic rings. The molecule has 0 amide bonds. The van der Waals surface area contributed by atoms with Gasteiger partial charge in [0.25, 0.3) is 0 Å². The van der Waals surface area contributed by atoms with Crippen molar-refractivity contribution in [1.82, 2.24) is 5.32 Å². The molecule has 5 heteroatoms. The molecule has 0 aromatic carbocycles. The normalized spacial score (nSPS) is 36.9. The van der Waals surface area contributed by atoms with E-state index < -0.39 is 9.84 Å². The SMILES string of the molecule is O=S1(=O)CCC(N[C@@H]2CCC[C@H]2O)CC1. The van der Waals surface area contributed by atoms with E-state index in [2.05, 4.69) is 5.32 Å². The molecule has 1 heterocycles. The van der Waals surface area contributed by atoms with E-state index in [1.54, 1.807) is 0 Å². The van der Waals surface area contributed by atoms with Crippen molar-refractivity contribution in [1.29, 1.82) is 0 Å². The first-order valence-electron chi connectivity index (χ1n) is 5.71. The number of aliphatic hydroxyl groups is 1. The molecule has 1 saturated carbocycles. The van der Waals surface area contributed by atoms with Crippen molar-refractivity contribution < 1.29 is 13.5 Å². The van der Waals surface area contributed by atoms with Crippen LogP contribution in [-0.4, -0.2) is 43.2 Å². The molecular weight excluding hydrogens is 214 g/mol. The summed E-state index contributed by atoms with van der Waals surface area (Å²) in [7, 11) is -2.77. The van der Waals surface area contributed by atoms with Crippen molar-refractivity contribution in [2.75, 3.05) is 11.5 Å². The average Bonchev–Trinajstić information content (AvgIpc) is 2.56. The summed E-state index contributed by atoms with van der Waals surface area (Å²) < 4.78 is 22.4. The molecular formula is C10H19NO3S. The van der Waals surface area contributed by atoms with Gasteiger partial charge >= 0.3 is 0 Å². The summed E-state index contributed by atoms with van der Waals surface area (Å²) in [5.74, 6) is 0.598. The molecule has 0 unspecified atom stereocenters. The summed E-state index contributed by atoms with van der Waals surface area (Å²) in [6, 6.07) is 0.474. The molecule has 1 aliphatic heterocycles. The average molecular weight is 233 g/mol. The molecule has 0 bridgehead atoms. The van der Waals surface area contributed by atoms with Crippen LogP contribution in [0.5, 0.6) is 0 Å². The molecule has 2 rings (SSSR count). The third-order valence-electron chi connectivity index (χ3n) is 3.48. The maximum Gasteiger partial charge on any atom is 0.150 e. The van der Waals surface area contributed by atoms with Crippen LogP contribution in [0.1, 0.15) is 32.1 Å². The molecule has 2 N–H and O–H groups in total. The molecule has 0 spiro atoms. The molecule has 0 radical (unpaired) electrons. The van der Waals surface area contributed by atoms with Crippen LogP contribution in [0.4, 0.5) is 0 Å². The predicted octanol–water partition coefficient (Wildman–Crippen LogP) is 0.0666. The highest BCUT2D eigenvalue weighted by atomic mass is 32.2. The lowest BCUT2D eigenvalue weighted by Crippen LogP contribution is -2.46. The highest BCUT2D eigenvalue weighted by Crippen LogP contribution is 2.21. The number of rotatable bonds is 2.